The van der Waals surface area contributed by atoms with E-state index in [1.807, 2.05) is 5.32 Å². The number of nitrogens with two attached hydrogens (primary N) is 1. The molecule has 0 radical (unpaired) electrons. The van der Waals surface area contributed by atoms with Crippen LogP contribution < -0.4 is 27.0 Å². The summed E-state index contributed by atoms with van der Waals surface area (Å²) in [4.78, 5) is 58.0. The van der Waals surface area contributed by atoms with E-state index in [4.69, 9.17) is 15.9 Å². The maximum Gasteiger partial charge on any atom is 0.328 e. The summed E-state index contributed by atoms with van der Waals surface area (Å²) in [6.07, 6.45) is 1.43. The van der Waals surface area contributed by atoms with Crippen molar-refractivity contribution in [2.75, 3.05) is 19.7 Å². The van der Waals surface area contributed by atoms with Crippen LogP contribution in [0.1, 0.15) is 33.1 Å². The molecule has 3 atom stereocenters. The minimum absolute atomic E-state index is 0.261. The highest BCUT2D eigenvalue weighted by Crippen LogP contribution is 2.02. The van der Waals surface area contributed by atoms with Crippen molar-refractivity contribution in [1.29, 1.82) is 0 Å². The fraction of sp³-hybridized carbons (Fsp3) is 0.688. The maximum absolute atomic E-state index is 12.3. The summed E-state index contributed by atoms with van der Waals surface area (Å²) in [5.41, 5.74) is 5.42. The second-order valence-corrected chi connectivity index (χ2v) is 6.13. The van der Waals surface area contributed by atoms with E-state index in [0.29, 0.717) is 19.4 Å². The maximum atomic E-state index is 12.3. The molecule has 0 rings (SSSR count). The molecule has 0 aromatic carbocycles. The van der Waals surface area contributed by atoms with Crippen LogP contribution in [0.5, 0.6) is 0 Å². The van der Waals surface area contributed by atoms with E-state index in [1.54, 1.807) is 0 Å². The molecular weight excluding hydrogens is 374 g/mol. The molecule has 28 heavy (non-hydrogen) atoms. The van der Waals surface area contributed by atoms with Crippen molar-refractivity contribution in [3.05, 3.63) is 0 Å². The summed E-state index contributed by atoms with van der Waals surface area (Å²) < 4.78 is 0. The summed E-state index contributed by atoms with van der Waals surface area (Å²) in [6.45, 7) is 1.79. The second kappa shape index (κ2) is 13.4. The molecule has 0 aliphatic rings. The Labute approximate surface area is 162 Å². The van der Waals surface area contributed by atoms with Crippen molar-refractivity contribution in [3.63, 3.8) is 0 Å². The summed E-state index contributed by atoms with van der Waals surface area (Å²) in [5.74, 6) is -3.85. The largest absolute Gasteiger partial charge is 0.480 e. The van der Waals surface area contributed by atoms with Crippen LogP contribution in [-0.4, -0.2) is 77.6 Å². The third-order valence-corrected chi connectivity index (χ3v) is 3.63. The Balaban J connectivity index is 4.78. The molecule has 12 nitrogen and oxygen atoms in total. The average Bonchev–Trinajstić information content (AvgIpc) is 2.62. The van der Waals surface area contributed by atoms with Gasteiger partial charge in [-0.05, 0) is 32.7 Å². The number of carboxylic acid groups (broad SMARTS) is 1. The molecule has 0 aromatic heterocycles. The number of hydrogen-bond acceptors (Lipinski definition) is 7. The quantitative estimate of drug-likeness (QED) is 0.156. The second-order valence-electron chi connectivity index (χ2n) is 6.13. The number of rotatable bonds is 13. The van der Waals surface area contributed by atoms with Crippen LogP contribution in [0.4, 0.5) is 0 Å². The van der Waals surface area contributed by atoms with Crippen molar-refractivity contribution >= 4 is 29.6 Å². The molecule has 8 N–H and O–H groups in total. The Kier molecular flexibility index (Phi) is 12.1. The molecule has 4 amide bonds. The molecule has 0 saturated heterocycles. The number of carbonyl (C=O) groups is 5. The SMILES string of the molecule is CC(=O)N[C@@H](C)C(=O)N[C@@H](CCCCN)C(=O)NCC(=O)N[C@@H](CO)C(=O)O. The van der Waals surface area contributed by atoms with Gasteiger partial charge in [-0.2, -0.15) is 0 Å². The zero-order valence-corrected chi connectivity index (χ0v) is 16.0. The van der Waals surface area contributed by atoms with Crippen molar-refractivity contribution < 1.29 is 34.2 Å². The first kappa shape index (κ1) is 25.3. The molecule has 12 heteroatoms. The van der Waals surface area contributed by atoms with Crippen LogP contribution >= 0.6 is 0 Å². The van der Waals surface area contributed by atoms with E-state index >= 15 is 0 Å². The Morgan fingerprint density at radius 1 is 0.964 bits per heavy atom. The van der Waals surface area contributed by atoms with Gasteiger partial charge in [0.2, 0.25) is 23.6 Å². The average molecular weight is 403 g/mol. The van der Waals surface area contributed by atoms with Crippen LogP contribution in [0.15, 0.2) is 0 Å². The van der Waals surface area contributed by atoms with Crippen LogP contribution in [0.2, 0.25) is 0 Å². The number of carbonyl (C=O) groups excluding carboxylic acids is 4. The number of unbranched alkanes of at least 4 members (excludes halogenated alkanes) is 1. The zero-order chi connectivity index (χ0) is 21.7. The van der Waals surface area contributed by atoms with Gasteiger partial charge in [-0.1, -0.05) is 0 Å². The lowest BCUT2D eigenvalue weighted by Gasteiger charge is -2.21. The molecule has 0 aliphatic heterocycles. The van der Waals surface area contributed by atoms with Crippen molar-refractivity contribution in [2.45, 2.75) is 51.2 Å². The molecule has 0 saturated carbocycles. The third-order valence-electron chi connectivity index (χ3n) is 3.63. The molecule has 0 aliphatic carbocycles. The van der Waals surface area contributed by atoms with Gasteiger partial charge in [0.15, 0.2) is 0 Å². The van der Waals surface area contributed by atoms with E-state index < -0.39 is 60.9 Å². The predicted octanol–water partition coefficient (Wildman–Crippen LogP) is -3.20. The highest BCUT2D eigenvalue weighted by Gasteiger charge is 2.24. The van der Waals surface area contributed by atoms with Gasteiger partial charge in [0.1, 0.15) is 18.1 Å². The molecule has 0 aromatic rings. The number of aliphatic hydroxyl groups excluding tert-OH is 1. The number of amides is 4. The molecule has 160 valence electrons. The van der Waals surface area contributed by atoms with E-state index in [-0.39, 0.29) is 6.42 Å². The van der Waals surface area contributed by atoms with Gasteiger partial charge in [-0.3, -0.25) is 19.2 Å². The lowest BCUT2D eigenvalue weighted by atomic mass is 10.1. The first-order valence-corrected chi connectivity index (χ1v) is 8.80. The van der Waals surface area contributed by atoms with Gasteiger partial charge in [0.05, 0.1) is 13.2 Å². The molecule has 0 spiro atoms. The van der Waals surface area contributed by atoms with Gasteiger partial charge in [-0.15, -0.1) is 0 Å². The Morgan fingerprint density at radius 2 is 1.61 bits per heavy atom. The van der Waals surface area contributed by atoms with Gasteiger partial charge in [-0.25, -0.2) is 4.79 Å². The number of carboxylic acids is 1. The first-order valence-electron chi connectivity index (χ1n) is 8.80. The molecule has 0 heterocycles. The fourth-order valence-electron chi connectivity index (χ4n) is 2.15. The van der Waals surface area contributed by atoms with Gasteiger partial charge < -0.3 is 37.2 Å². The summed E-state index contributed by atoms with van der Waals surface area (Å²) in [7, 11) is 0. The van der Waals surface area contributed by atoms with E-state index in [1.165, 1.54) is 13.8 Å². The van der Waals surface area contributed by atoms with Crippen LogP contribution in [0, 0.1) is 0 Å². The number of aliphatic carboxylic acids is 1. The smallest absolute Gasteiger partial charge is 0.328 e. The lowest BCUT2D eigenvalue weighted by molar-refractivity contribution is -0.142. The van der Waals surface area contributed by atoms with Crippen LogP contribution in [-0.2, 0) is 24.0 Å². The minimum atomic E-state index is -1.48. The molecule has 0 bridgehead atoms. The van der Waals surface area contributed by atoms with Crippen molar-refractivity contribution in [2.24, 2.45) is 5.73 Å². The fourth-order valence-corrected chi connectivity index (χ4v) is 2.15. The minimum Gasteiger partial charge on any atom is -0.480 e. The zero-order valence-electron chi connectivity index (χ0n) is 16.0. The monoisotopic (exact) mass is 403 g/mol. The Morgan fingerprint density at radius 3 is 2.11 bits per heavy atom. The Hall–Kier alpha value is -2.73. The first-order chi connectivity index (χ1) is 13.1. The summed E-state index contributed by atoms with van der Waals surface area (Å²) in [5, 5.41) is 26.9. The van der Waals surface area contributed by atoms with Gasteiger partial charge in [0, 0.05) is 6.92 Å². The topological polar surface area (TPSA) is 200 Å². The van der Waals surface area contributed by atoms with E-state index in [0.717, 1.165) is 0 Å². The molecule has 0 fully saturated rings. The molecular formula is C16H29N5O7. The number of aliphatic hydroxyl groups is 1. The highest BCUT2D eigenvalue weighted by molar-refractivity contribution is 5.93. The van der Waals surface area contributed by atoms with Crippen molar-refractivity contribution in [1.82, 2.24) is 21.3 Å². The Bertz CT molecular complexity index is 570. The number of hydrogen-bond donors (Lipinski definition) is 7. The van der Waals surface area contributed by atoms with Crippen molar-refractivity contribution in [3.8, 4) is 0 Å². The summed E-state index contributed by atoms with van der Waals surface area (Å²) >= 11 is 0. The van der Waals surface area contributed by atoms with E-state index in [9.17, 15) is 24.0 Å². The predicted molar refractivity (Wildman–Crippen MR) is 97.8 cm³/mol. The lowest BCUT2D eigenvalue weighted by Crippen LogP contribution is -2.54. The van der Waals surface area contributed by atoms with Crippen LogP contribution in [0.3, 0.4) is 0 Å². The van der Waals surface area contributed by atoms with Gasteiger partial charge >= 0.3 is 5.97 Å². The normalized spacial score (nSPS) is 13.6. The molecule has 0 unspecified atom stereocenters. The summed E-state index contributed by atoms with van der Waals surface area (Å²) in [6, 6.07) is -3.30. The van der Waals surface area contributed by atoms with Crippen LogP contribution in [0.25, 0.3) is 0 Å². The van der Waals surface area contributed by atoms with Gasteiger partial charge in [0.25, 0.3) is 0 Å². The number of nitrogens with one attached hydrogen (secondary N) is 4. The standard InChI is InChI=1S/C16H29N5O7/c1-9(19-10(2)23)14(25)21-11(5-3-4-6-17)15(26)18-7-13(24)20-12(8-22)16(27)28/h9,11-12,22H,3-8,17H2,1-2H3,(H,18,26)(H,19,23)(H,20,24)(H,21,25)(H,27,28)/t9-,11-,12-/m0/s1. The highest BCUT2D eigenvalue weighted by atomic mass is 16.4. The third kappa shape index (κ3) is 10.4. The van der Waals surface area contributed by atoms with E-state index in [2.05, 4.69) is 16.0 Å².